The van der Waals surface area contributed by atoms with Crippen molar-refractivity contribution in [3.05, 3.63) is 36.7 Å². The molecule has 7 nitrogen and oxygen atoms in total. The van der Waals surface area contributed by atoms with Gasteiger partial charge in [0.05, 0.1) is 29.3 Å². The molecule has 1 aromatic carbocycles. The van der Waals surface area contributed by atoms with Crippen molar-refractivity contribution in [2.24, 2.45) is 0 Å². The topological polar surface area (TPSA) is 93.6 Å². The molecule has 0 atom stereocenters. The molecule has 1 saturated heterocycles. The molecule has 1 fully saturated rings. The van der Waals surface area contributed by atoms with Gasteiger partial charge in [0.25, 0.3) is 0 Å². The van der Waals surface area contributed by atoms with Crippen molar-refractivity contribution in [3.8, 4) is 11.4 Å². The van der Waals surface area contributed by atoms with Gasteiger partial charge in [0, 0.05) is 5.56 Å². The van der Waals surface area contributed by atoms with Crippen LogP contribution in [0.15, 0.2) is 36.7 Å². The average molecular weight is 341 g/mol. The van der Waals surface area contributed by atoms with E-state index in [1.165, 1.54) is 12.4 Å². The van der Waals surface area contributed by atoms with Gasteiger partial charge in [0.15, 0.2) is 5.82 Å². The second-order valence-electron chi connectivity index (χ2n) is 6.94. The normalized spacial score (nSPS) is 18.2. The first-order valence-electron chi connectivity index (χ1n) is 7.96. The van der Waals surface area contributed by atoms with Crippen molar-refractivity contribution >= 4 is 24.4 Å². The minimum Gasteiger partial charge on any atom is -0.465 e. The lowest BCUT2D eigenvalue weighted by molar-refractivity contribution is 0.00578. The maximum Gasteiger partial charge on any atom is 0.494 e. The van der Waals surface area contributed by atoms with E-state index in [1.54, 1.807) is 0 Å². The third kappa shape index (κ3) is 3.50. The smallest absolute Gasteiger partial charge is 0.465 e. The molecular formula is C17H20BN3O4. The maximum absolute atomic E-state index is 10.6. The van der Waals surface area contributed by atoms with E-state index < -0.39 is 24.4 Å². The van der Waals surface area contributed by atoms with E-state index in [1.807, 2.05) is 52.0 Å². The fourth-order valence-electron chi connectivity index (χ4n) is 2.47. The van der Waals surface area contributed by atoms with E-state index in [2.05, 4.69) is 15.3 Å². The number of carbonyl (C=O) groups is 1. The molecule has 0 spiro atoms. The Hall–Kier alpha value is -2.45. The highest BCUT2D eigenvalue weighted by Crippen LogP contribution is 2.36. The summed E-state index contributed by atoms with van der Waals surface area (Å²) in [6.45, 7) is 8.03. The van der Waals surface area contributed by atoms with Crippen LogP contribution in [0, 0.1) is 0 Å². The van der Waals surface area contributed by atoms with Crippen LogP contribution in [-0.4, -0.2) is 39.5 Å². The predicted octanol–water partition coefficient (Wildman–Crippen LogP) is 2.53. The summed E-state index contributed by atoms with van der Waals surface area (Å²) in [6, 6.07) is 7.63. The Kier molecular flexibility index (Phi) is 4.26. The van der Waals surface area contributed by atoms with Crippen LogP contribution >= 0.6 is 0 Å². The van der Waals surface area contributed by atoms with E-state index in [0.29, 0.717) is 11.5 Å². The Morgan fingerprint density at radius 2 is 1.72 bits per heavy atom. The molecule has 1 amide bonds. The number of aromatic nitrogens is 2. The van der Waals surface area contributed by atoms with Crippen molar-refractivity contribution in [3.63, 3.8) is 0 Å². The molecule has 0 aliphatic carbocycles. The van der Waals surface area contributed by atoms with Crippen molar-refractivity contribution in [2.75, 3.05) is 5.32 Å². The summed E-state index contributed by atoms with van der Waals surface area (Å²) in [5.74, 6) is 0.495. The number of hydrogen-bond donors (Lipinski definition) is 2. The zero-order chi connectivity index (χ0) is 18.2. The molecule has 130 valence electrons. The number of nitrogens with one attached hydrogen (secondary N) is 1. The summed E-state index contributed by atoms with van der Waals surface area (Å²) in [5.41, 5.74) is 1.18. The molecule has 0 radical (unpaired) electrons. The Labute approximate surface area is 146 Å². The molecule has 2 heterocycles. The predicted molar refractivity (Wildman–Crippen MR) is 94.8 cm³/mol. The van der Waals surface area contributed by atoms with Crippen LogP contribution in [-0.2, 0) is 9.31 Å². The number of benzene rings is 1. The summed E-state index contributed by atoms with van der Waals surface area (Å²) in [7, 11) is -0.460. The molecule has 2 aromatic rings. The van der Waals surface area contributed by atoms with Crippen LogP contribution in [0.1, 0.15) is 27.7 Å². The minimum absolute atomic E-state index is 0.318. The van der Waals surface area contributed by atoms with Crippen LogP contribution in [0.5, 0.6) is 0 Å². The molecule has 2 N–H and O–H groups in total. The first kappa shape index (κ1) is 17.4. The fraction of sp³-hybridized carbons (Fsp3) is 0.353. The van der Waals surface area contributed by atoms with Gasteiger partial charge in [-0.3, -0.25) is 5.32 Å². The van der Waals surface area contributed by atoms with Gasteiger partial charge in [-0.25, -0.2) is 14.8 Å². The summed E-state index contributed by atoms with van der Waals surface area (Å²) in [6.07, 6.45) is 1.70. The Morgan fingerprint density at radius 1 is 1.12 bits per heavy atom. The lowest BCUT2D eigenvalue weighted by Crippen LogP contribution is -2.41. The molecule has 3 rings (SSSR count). The van der Waals surface area contributed by atoms with Gasteiger partial charge in [-0.1, -0.05) is 24.3 Å². The van der Waals surface area contributed by atoms with Gasteiger partial charge in [0.1, 0.15) is 0 Å². The lowest BCUT2D eigenvalue weighted by Gasteiger charge is -2.32. The van der Waals surface area contributed by atoms with Gasteiger partial charge >= 0.3 is 13.2 Å². The molecule has 1 aliphatic rings. The van der Waals surface area contributed by atoms with Gasteiger partial charge < -0.3 is 14.4 Å². The quantitative estimate of drug-likeness (QED) is 0.834. The highest BCUT2D eigenvalue weighted by Gasteiger charge is 2.51. The van der Waals surface area contributed by atoms with Crippen LogP contribution in [0.25, 0.3) is 11.4 Å². The number of nitrogens with zero attached hydrogens (tertiary/aromatic N) is 2. The maximum atomic E-state index is 10.6. The monoisotopic (exact) mass is 341 g/mol. The van der Waals surface area contributed by atoms with Crippen LogP contribution < -0.4 is 10.8 Å². The van der Waals surface area contributed by atoms with E-state index in [9.17, 15) is 4.79 Å². The largest absolute Gasteiger partial charge is 0.494 e. The van der Waals surface area contributed by atoms with Crippen LogP contribution in [0.4, 0.5) is 10.5 Å². The van der Waals surface area contributed by atoms with E-state index >= 15 is 0 Å². The van der Waals surface area contributed by atoms with Crippen molar-refractivity contribution in [1.82, 2.24) is 9.97 Å². The summed E-state index contributed by atoms with van der Waals surface area (Å²) in [5, 5.41) is 10.9. The van der Waals surface area contributed by atoms with Crippen LogP contribution in [0.3, 0.4) is 0 Å². The SMILES string of the molecule is CC1(C)OB(c2cccc(-c3ncc(NC(=O)O)cn3)c2)OC1(C)C. The van der Waals surface area contributed by atoms with Gasteiger partial charge in [-0.15, -0.1) is 0 Å². The molecule has 1 aliphatic heterocycles. The Morgan fingerprint density at radius 3 is 2.28 bits per heavy atom. The third-order valence-electron chi connectivity index (χ3n) is 4.57. The first-order chi connectivity index (χ1) is 11.7. The zero-order valence-electron chi connectivity index (χ0n) is 14.6. The molecular weight excluding hydrogens is 321 g/mol. The standard InChI is InChI=1S/C17H20BN3O4/c1-16(2)17(3,4)25-18(24-16)12-7-5-6-11(8-12)14-19-9-13(10-20-14)21-15(22)23/h5-10,21H,1-4H3,(H,22,23). The summed E-state index contributed by atoms with van der Waals surface area (Å²) < 4.78 is 12.1. The number of amides is 1. The number of carboxylic acid groups (broad SMARTS) is 1. The highest BCUT2D eigenvalue weighted by molar-refractivity contribution is 6.62. The van der Waals surface area contributed by atoms with E-state index in [4.69, 9.17) is 14.4 Å². The molecule has 8 heteroatoms. The van der Waals surface area contributed by atoms with Crippen LogP contribution in [0.2, 0.25) is 0 Å². The highest BCUT2D eigenvalue weighted by atomic mass is 16.7. The molecule has 1 aromatic heterocycles. The number of hydrogen-bond acceptors (Lipinski definition) is 5. The summed E-state index contributed by atoms with van der Waals surface area (Å²) >= 11 is 0. The second kappa shape index (κ2) is 6.13. The minimum atomic E-state index is -1.15. The van der Waals surface area contributed by atoms with Crippen molar-refractivity contribution in [1.29, 1.82) is 0 Å². The Bertz CT molecular complexity index is 777. The van der Waals surface area contributed by atoms with Crippen molar-refractivity contribution in [2.45, 2.75) is 38.9 Å². The van der Waals surface area contributed by atoms with Crippen molar-refractivity contribution < 1.29 is 19.2 Å². The second-order valence-corrected chi connectivity index (χ2v) is 6.94. The molecule has 25 heavy (non-hydrogen) atoms. The first-order valence-corrected chi connectivity index (χ1v) is 7.96. The van der Waals surface area contributed by atoms with E-state index in [-0.39, 0.29) is 0 Å². The number of rotatable bonds is 3. The van der Waals surface area contributed by atoms with Gasteiger partial charge in [-0.2, -0.15) is 0 Å². The summed E-state index contributed by atoms with van der Waals surface area (Å²) in [4.78, 5) is 19.0. The molecule has 0 bridgehead atoms. The van der Waals surface area contributed by atoms with Gasteiger partial charge in [-0.05, 0) is 33.2 Å². The zero-order valence-corrected chi connectivity index (χ0v) is 14.6. The lowest BCUT2D eigenvalue weighted by atomic mass is 9.78. The molecule has 0 saturated carbocycles. The average Bonchev–Trinajstić information content (AvgIpc) is 2.76. The molecule has 0 unspecified atom stereocenters. The Balaban J connectivity index is 1.84. The van der Waals surface area contributed by atoms with E-state index in [0.717, 1.165) is 11.0 Å². The fourth-order valence-corrected chi connectivity index (χ4v) is 2.47. The number of anilines is 1. The van der Waals surface area contributed by atoms with Gasteiger partial charge in [0.2, 0.25) is 0 Å². The third-order valence-corrected chi connectivity index (χ3v) is 4.57.